The van der Waals surface area contributed by atoms with Crippen molar-refractivity contribution in [2.75, 3.05) is 26.8 Å². The van der Waals surface area contributed by atoms with Crippen molar-refractivity contribution < 1.29 is 38.6 Å². The standard InChI is InChI=1S/C20H18O8/c21-19-8-23-18(11-1-3-14-16(5-11)26-9-24-14)13(19)7-28-20(19,22)12-2-4-15-17(6-12)27-10-25-15/h1-6,13,18,21-22H,7-10H2. The zero-order valence-electron chi connectivity index (χ0n) is 14.8. The first-order valence-electron chi connectivity index (χ1n) is 9.08. The average molecular weight is 386 g/mol. The monoisotopic (exact) mass is 386 g/mol. The van der Waals surface area contributed by atoms with E-state index in [1.54, 1.807) is 18.2 Å². The first-order chi connectivity index (χ1) is 13.6. The van der Waals surface area contributed by atoms with Crippen LogP contribution in [-0.2, 0) is 15.3 Å². The van der Waals surface area contributed by atoms with Gasteiger partial charge in [-0.05, 0) is 35.9 Å². The smallest absolute Gasteiger partial charge is 0.231 e. The van der Waals surface area contributed by atoms with Gasteiger partial charge >= 0.3 is 0 Å². The predicted molar refractivity (Wildman–Crippen MR) is 92.1 cm³/mol. The number of hydrogen-bond acceptors (Lipinski definition) is 8. The van der Waals surface area contributed by atoms with Crippen LogP contribution < -0.4 is 18.9 Å². The Morgan fingerprint density at radius 2 is 1.50 bits per heavy atom. The second-order valence-electron chi connectivity index (χ2n) is 7.40. The van der Waals surface area contributed by atoms with Crippen molar-refractivity contribution in [3.8, 4) is 23.0 Å². The summed E-state index contributed by atoms with van der Waals surface area (Å²) in [6.45, 7) is 0.382. The van der Waals surface area contributed by atoms with Crippen molar-refractivity contribution in [2.24, 2.45) is 5.92 Å². The van der Waals surface area contributed by atoms with Gasteiger partial charge in [0, 0.05) is 11.5 Å². The Bertz CT molecular complexity index is 961. The van der Waals surface area contributed by atoms with Gasteiger partial charge in [-0.25, -0.2) is 0 Å². The third-order valence-corrected chi connectivity index (χ3v) is 6.01. The Labute approximate surface area is 160 Å². The Morgan fingerprint density at radius 3 is 2.29 bits per heavy atom. The van der Waals surface area contributed by atoms with E-state index in [1.165, 1.54) is 0 Å². The molecule has 2 N–H and O–H groups in total. The Kier molecular flexibility index (Phi) is 3.24. The molecule has 28 heavy (non-hydrogen) atoms. The second-order valence-corrected chi connectivity index (χ2v) is 7.40. The van der Waals surface area contributed by atoms with Crippen LogP contribution >= 0.6 is 0 Å². The average Bonchev–Trinajstić information content (AvgIpc) is 3.46. The fourth-order valence-corrected chi connectivity index (χ4v) is 4.46. The maximum absolute atomic E-state index is 11.4. The molecule has 4 aliphatic heterocycles. The Morgan fingerprint density at radius 1 is 0.821 bits per heavy atom. The van der Waals surface area contributed by atoms with Crippen LogP contribution in [0.5, 0.6) is 23.0 Å². The van der Waals surface area contributed by atoms with Gasteiger partial charge in [0.05, 0.1) is 19.3 Å². The lowest BCUT2D eigenvalue weighted by Gasteiger charge is -2.35. The molecule has 2 saturated heterocycles. The molecule has 6 rings (SSSR count). The van der Waals surface area contributed by atoms with Gasteiger partial charge in [-0.15, -0.1) is 0 Å². The topological polar surface area (TPSA) is 95.8 Å². The molecule has 4 aliphatic rings. The van der Waals surface area contributed by atoms with Gasteiger partial charge in [0.2, 0.25) is 19.4 Å². The molecule has 0 saturated carbocycles. The number of ether oxygens (including phenoxy) is 6. The molecule has 4 unspecified atom stereocenters. The molecule has 2 fully saturated rings. The van der Waals surface area contributed by atoms with E-state index in [-0.39, 0.29) is 26.8 Å². The van der Waals surface area contributed by atoms with Gasteiger partial charge in [0.25, 0.3) is 0 Å². The number of fused-ring (bicyclic) bond motifs is 3. The van der Waals surface area contributed by atoms with Crippen molar-refractivity contribution in [1.29, 1.82) is 0 Å². The van der Waals surface area contributed by atoms with Crippen LogP contribution in [0, 0.1) is 5.92 Å². The molecule has 0 bridgehead atoms. The molecule has 146 valence electrons. The zero-order valence-corrected chi connectivity index (χ0v) is 14.8. The van der Waals surface area contributed by atoms with E-state index >= 15 is 0 Å². The zero-order chi connectivity index (χ0) is 18.9. The van der Waals surface area contributed by atoms with Crippen molar-refractivity contribution in [3.05, 3.63) is 47.5 Å². The summed E-state index contributed by atoms with van der Waals surface area (Å²) in [5, 5.41) is 22.8. The van der Waals surface area contributed by atoms with E-state index in [0.29, 0.717) is 28.6 Å². The Balaban J connectivity index is 1.35. The van der Waals surface area contributed by atoms with E-state index in [1.807, 2.05) is 18.2 Å². The van der Waals surface area contributed by atoms with Crippen molar-refractivity contribution in [3.63, 3.8) is 0 Å². The summed E-state index contributed by atoms with van der Waals surface area (Å²) >= 11 is 0. The lowest BCUT2D eigenvalue weighted by Crippen LogP contribution is -2.52. The summed E-state index contributed by atoms with van der Waals surface area (Å²) in [5.41, 5.74) is -0.373. The molecule has 2 aromatic carbocycles. The van der Waals surface area contributed by atoms with Gasteiger partial charge < -0.3 is 38.6 Å². The molecule has 0 amide bonds. The minimum absolute atomic E-state index is 0.0677. The SMILES string of the molecule is OC1(c2ccc3c(c2)OCO3)OCC2C(c3ccc4c(c3)OCO4)OCC21O. The summed E-state index contributed by atoms with van der Waals surface area (Å²) < 4.78 is 33.2. The van der Waals surface area contributed by atoms with Gasteiger partial charge in [-0.3, -0.25) is 0 Å². The van der Waals surface area contributed by atoms with E-state index in [9.17, 15) is 10.2 Å². The number of hydrogen-bond donors (Lipinski definition) is 2. The highest BCUT2D eigenvalue weighted by Gasteiger charge is 2.67. The number of benzene rings is 2. The molecule has 0 radical (unpaired) electrons. The van der Waals surface area contributed by atoms with Crippen LogP contribution in [0.25, 0.3) is 0 Å². The summed E-state index contributed by atoms with van der Waals surface area (Å²) in [6, 6.07) is 10.5. The second kappa shape index (κ2) is 5.51. The Hall–Kier alpha value is -2.52. The van der Waals surface area contributed by atoms with Crippen LogP contribution in [0.1, 0.15) is 17.2 Å². The molecule has 8 heteroatoms. The largest absolute Gasteiger partial charge is 0.454 e. The summed E-state index contributed by atoms with van der Waals surface area (Å²) in [6.07, 6.45) is -0.442. The van der Waals surface area contributed by atoms with Gasteiger partial charge in [0.1, 0.15) is 0 Å². The van der Waals surface area contributed by atoms with Crippen LogP contribution in [0.2, 0.25) is 0 Å². The van der Waals surface area contributed by atoms with Crippen LogP contribution in [0.3, 0.4) is 0 Å². The first kappa shape index (κ1) is 16.4. The lowest BCUT2D eigenvalue weighted by molar-refractivity contribution is -0.268. The molecule has 0 aromatic heterocycles. The highest BCUT2D eigenvalue weighted by Crippen LogP contribution is 2.56. The van der Waals surface area contributed by atoms with E-state index in [4.69, 9.17) is 28.4 Å². The third-order valence-electron chi connectivity index (χ3n) is 6.01. The molecule has 0 aliphatic carbocycles. The first-order valence-corrected chi connectivity index (χ1v) is 9.08. The van der Waals surface area contributed by atoms with Crippen LogP contribution in [0.15, 0.2) is 36.4 Å². The highest BCUT2D eigenvalue weighted by molar-refractivity contribution is 5.48. The molecular weight excluding hydrogens is 368 g/mol. The summed E-state index contributed by atoms with van der Waals surface area (Å²) in [4.78, 5) is 0. The maximum Gasteiger partial charge on any atom is 0.231 e. The van der Waals surface area contributed by atoms with Crippen molar-refractivity contribution in [1.82, 2.24) is 0 Å². The molecule has 8 nitrogen and oxygen atoms in total. The van der Waals surface area contributed by atoms with Crippen molar-refractivity contribution in [2.45, 2.75) is 17.5 Å². The molecule has 4 atom stereocenters. The van der Waals surface area contributed by atoms with Crippen molar-refractivity contribution >= 4 is 0 Å². The maximum atomic E-state index is 11.4. The predicted octanol–water partition coefficient (Wildman–Crippen LogP) is 1.44. The van der Waals surface area contributed by atoms with Crippen LogP contribution in [-0.4, -0.2) is 42.6 Å². The molecule has 0 spiro atoms. The minimum atomic E-state index is -1.91. The molecule has 2 aromatic rings. The fraction of sp³-hybridized carbons (Fsp3) is 0.400. The molecule has 4 heterocycles. The third kappa shape index (κ3) is 2.03. The van der Waals surface area contributed by atoms with Gasteiger partial charge in [-0.1, -0.05) is 6.07 Å². The number of aliphatic hydroxyl groups is 2. The lowest BCUT2D eigenvalue weighted by atomic mass is 9.78. The van der Waals surface area contributed by atoms with E-state index in [2.05, 4.69) is 0 Å². The summed E-state index contributed by atoms with van der Waals surface area (Å²) in [5.74, 6) is 0.0490. The number of rotatable bonds is 2. The highest BCUT2D eigenvalue weighted by atomic mass is 16.7. The molecular formula is C20H18O8. The van der Waals surface area contributed by atoms with E-state index in [0.717, 1.165) is 5.56 Å². The van der Waals surface area contributed by atoms with E-state index < -0.39 is 23.4 Å². The minimum Gasteiger partial charge on any atom is -0.454 e. The van der Waals surface area contributed by atoms with Crippen LogP contribution in [0.4, 0.5) is 0 Å². The quantitative estimate of drug-likeness (QED) is 0.801. The fourth-order valence-electron chi connectivity index (χ4n) is 4.46. The summed E-state index contributed by atoms with van der Waals surface area (Å²) in [7, 11) is 0. The van der Waals surface area contributed by atoms with Gasteiger partial charge in [-0.2, -0.15) is 0 Å². The van der Waals surface area contributed by atoms with Gasteiger partial charge in [0.15, 0.2) is 28.6 Å². The normalized spacial score (nSPS) is 34.6.